The SMILES string of the molecule is COCCN1C(=O)CN(C2CCN(S(=O)(=O)c3cn(C)c(C)n3)CC2)C1=O. The predicted octanol–water partition coefficient (Wildman–Crippen LogP) is -0.208. The third-order valence-corrected chi connectivity index (χ3v) is 6.93. The van der Waals surface area contributed by atoms with Gasteiger partial charge in [-0.3, -0.25) is 9.69 Å². The Morgan fingerprint density at radius 3 is 2.48 bits per heavy atom. The molecule has 0 saturated carbocycles. The van der Waals surface area contributed by atoms with Crippen LogP contribution in [0.2, 0.25) is 0 Å². The molecule has 0 atom stereocenters. The van der Waals surface area contributed by atoms with E-state index in [0.29, 0.717) is 38.4 Å². The first-order valence-electron chi connectivity index (χ1n) is 8.85. The van der Waals surface area contributed by atoms with Crippen molar-refractivity contribution in [3.8, 4) is 0 Å². The molecule has 1 aromatic heterocycles. The Balaban J connectivity index is 1.64. The molecule has 150 valence electrons. The summed E-state index contributed by atoms with van der Waals surface area (Å²) in [6.45, 7) is 2.90. The van der Waals surface area contributed by atoms with Crippen molar-refractivity contribution in [1.82, 2.24) is 23.7 Å². The van der Waals surface area contributed by atoms with Crippen LogP contribution in [-0.4, -0.2) is 89.9 Å². The monoisotopic (exact) mass is 399 g/mol. The van der Waals surface area contributed by atoms with E-state index in [1.165, 1.54) is 22.5 Å². The van der Waals surface area contributed by atoms with Crippen molar-refractivity contribution in [3.63, 3.8) is 0 Å². The van der Waals surface area contributed by atoms with Crippen molar-refractivity contribution in [2.45, 2.75) is 30.8 Å². The maximum Gasteiger partial charge on any atom is 0.327 e. The fraction of sp³-hybridized carbons (Fsp3) is 0.688. The van der Waals surface area contributed by atoms with Gasteiger partial charge >= 0.3 is 6.03 Å². The fourth-order valence-electron chi connectivity index (χ4n) is 3.43. The van der Waals surface area contributed by atoms with Gasteiger partial charge in [-0.2, -0.15) is 4.31 Å². The Hall–Kier alpha value is -1.98. The van der Waals surface area contributed by atoms with Gasteiger partial charge in [0, 0.05) is 39.5 Å². The molecule has 2 fully saturated rings. The lowest BCUT2D eigenvalue weighted by Gasteiger charge is -2.35. The summed E-state index contributed by atoms with van der Waals surface area (Å²) in [6.07, 6.45) is 2.48. The molecule has 0 unspecified atom stereocenters. The van der Waals surface area contributed by atoms with Crippen LogP contribution in [0.25, 0.3) is 0 Å². The highest BCUT2D eigenvalue weighted by Gasteiger charge is 2.41. The number of hydrogen-bond donors (Lipinski definition) is 0. The summed E-state index contributed by atoms with van der Waals surface area (Å²) in [4.78, 5) is 31.4. The Morgan fingerprint density at radius 2 is 1.93 bits per heavy atom. The number of sulfonamides is 1. The van der Waals surface area contributed by atoms with Crippen LogP contribution in [0.5, 0.6) is 0 Å². The fourth-order valence-corrected chi connectivity index (χ4v) is 4.92. The van der Waals surface area contributed by atoms with Crippen LogP contribution in [0.4, 0.5) is 4.79 Å². The number of hydrogen-bond acceptors (Lipinski definition) is 6. The summed E-state index contributed by atoms with van der Waals surface area (Å²) in [7, 11) is -0.389. The number of rotatable bonds is 6. The second-order valence-electron chi connectivity index (χ2n) is 6.82. The van der Waals surface area contributed by atoms with Gasteiger partial charge in [0.05, 0.1) is 13.2 Å². The minimum absolute atomic E-state index is 0.0408. The molecule has 0 N–H and O–H groups in total. The maximum atomic E-state index is 12.8. The number of carbonyl (C=O) groups is 2. The van der Waals surface area contributed by atoms with Gasteiger partial charge in [0.15, 0.2) is 5.03 Å². The van der Waals surface area contributed by atoms with E-state index in [-0.39, 0.29) is 36.1 Å². The second-order valence-corrected chi connectivity index (χ2v) is 8.71. The third kappa shape index (κ3) is 3.71. The van der Waals surface area contributed by atoms with Crippen molar-refractivity contribution in [2.75, 3.05) is 39.9 Å². The summed E-state index contributed by atoms with van der Waals surface area (Å²) in [5, 5.41) is 0.0408. The molecule has 0 radical (unpaired) electrons. The van der Waals surface area contributed by atoms with Gasteiger partial charge in [-0.25, -0.2) is 18.2 Å². The highest BCUT2D eigenvalue weighted by atomic mass is 32.2. The highest BCUT2D eigenvalue weighted by Crippen LogP contribution is 2.25. The van der Waals surface area contributed by atoms with E-state index in [2.05, 4.69) is 4.98 Å². The van der Waals surface area contributed by atoms with Crippen molar-refractivity contribution in [1.29, 1.82) is 0 Å². The molecule has 3 rings (SSSR count). The Kier molecular flexibility index (Phi) is 5.54. The number of aryl methyl sites for hydroxylation is 2. The molecule has 27 heavy (non-hydrogen) atoms. The maximum absolute atomic E-state index is 12.8. The predicted molar refractivity (Wildman–Crippen MR) is 95.4 cm³/mol. The zero-order valence-corrected chi connectivity index (χ0v) is 16.6. The molecule has 11 heteroatoms. The minimum Gasteiger partial charge on any atom is -0.383 e. The van der Waals surface area contributed by atoms with Gasteiger partial charge in [-0.05, 0) is 19.8 Å². The highest BCUT2D eigenvalue weighted by molar-refractivity contribution is 7.89. The Bertz CT molecular complexity index is 809. The molecule has 0 spiro atoms. The van der Waals surface area contributed by atoms with E-state index in [9.17, 15) is 18.0 Å². The minimum atomic E-state index is -3.65. The number of urea groups is 1. The number of carbonyl (C=O) groups excluding carboxylic acids is 2. The largest absolute Gasteiger partial charge is 0.383 e. The van der Waals surface area contributed by atoms with Crippen LogP contribution >= 0.6 is 0 Å². The van der Waals surface area contributed by atoms with Crippen LogP contribution < -0.4 is 0 Å². The topological polar surface area (TPSA) is 105 Å². The number of methoxy groups -OCH3 is 1. The lowest BCUT2D eigenvalue weighted by molar-refractivity contribution is -0.125. The molecule has 2 aliphatic heterocycles. The van der Waals surface area contributed by atoms with E-state index in [4.69, 9.17) is 4.74 Å². The number of nitrogens with zero attached hydrogens (tertiary/aromatic N) is 5. The number of imidazole rings is 1. The van der Waals surface area contributed by atoms with Crippen molar-refractivity contribution in [3.05, 3.63) is 12.0 Å². The normalized spacial score (nSPS) is 20.1. The van der Waals surface area contributed by atoms with Crippen LogP contribution in [0.3, 0.4) is 0 Å². The van der Waals surface area contributed by atoms with Crippen LogP contribution in [0, 0.1) is 6.92 Å². The van der Waals surface area contributed by atoms with Crippen molar-refractivity contribution < 1.29 is 22.7 Å². The van der Waals surface area contributed by atoms with Gasteiger partial charge in [0.1, 0.15) is 12.4 Å². The summed E-state index contributed by atoms with van der Waals surface area (Å²) >= 11 is 0. The summed E-state index contributed by atoms with van der Waals surface area (Å²) < 4.78 is 33.5. The van der Waals surface area contributed by atoms with E-state index in [0.717, 1.165) is 0 Å². The number of amides is 3. The van der Waals surface area contributed by atoms with E-state index >= 15 is 0 Å². The lowest BCUT2D eigenvalue weighted by Crippen LogP contribution is -2.48. The summed E-state index contributed by atoms with van der Waals surface area (Å²) in [5.74, 6) is 0.386. The van der Waals surface area contributed by atoms with Gasteiger partial charge in [0.25, 0.3) is 10.0 Å². The lowest BCUT2D eigenvalue weighted by atomic mass is 10.1. The van der Waals surface area contributed by atoms with Crippen LogP contribution in [0.15, 0.2) is 11.2 Å². The first kappa shape index (κ1) is 19.8. The molecule has 10 nitrogen and oxygen atoms in total. The number of aromatic nitrogens is 2. The quantitative estimate of drug-likeness (QED) is 0.613. The second kappa shape index (κ2) is 7.56. The molecule has 0 aromatic carbocycles. The van der Waals surface area contributed by atoms with Gasteiger partial charge in [-0.1, -0.05) is 0 Å². The van der Waals surface area contributed by atoms with E-state index in [1.54, 1.807) is 23.4 Å². The van der Waals surface area contributed by atoms with Crippen LogP contribution in [0.1, 0.15) is 18.7 Å². The molecule has 3 amide bonds. The van der Waals surface area contributed by atoms with Crippen LogP contribution in [-0.2, 0) is 26.6 Å². The average molecular weight is 399 g/mol. The summed E-state index contributed by atoms with van der Waals surface area (Å²) in [5.41, 5.74) is 0. The number of piperidine rings is 1. The zero-order valence-electron chi connectivity index (χ0n) is 15.8. The molecule has 0 aliphatic carbocycles. The van der Waals surface area contributed by atoms with Gasteiger partial charge in [0.2, 0.25) is 5.91 Å². The third-order valence-electron chi connectivity index (χ3n) is 5.16. The Labute approximate surface area is 158 Å². The average Bonchev–Trinajstić information content (AvgIpc) is 3.13. The Morgan fingerprint density at radius 1 is 1.26 bits per heavy atom. The van der Waals surface area contributed by atoms with Crippen molar-refractivity contribution in [2.24, 2.45) is 7.05 Å². The zero-order chi connectivity index (χ0) is 19.8. The van der Waals surface area contributed by atoms with E-state index in [1.807, 2.05) is 0 Å². The molecule has 3 heterocycles. The first-order valence-corrected chi connectivity index (χ1v) is 10.3. The molecular weight excluding hydrogens is 374 g/mol. The molecular formula is C16H25N5O5S. The smallest absolute Gasteiger partial charge is 0.327 e. The van der Waals surface area contributed by atoms with Crippen molar-refractivity contribution >= 4 is 22.0 Å². The molecule has 2 saturated heterocycles. The molecule has 0 bridgehead atoms. The van der Waals surface area contributed by atoms with Gasteiger partial charge in [-0.15, -0.1) is 0 Å². The number of ether oxygens (including phenoxy) is 1. The number of imide groups is 1. The first-order chi connectivity index (χ1) is 12.8. The molecule has 2 aliphatic rings. The standard InChI is InChI=1S/C16H25N5O5S/c1-12-17-14(10-18(12)2)27(24,25)19-6-4-13(5-7-19)21-11-15(22)20(16(21)23)8-9-26-3/h10,13H,4-9,11H2,1-3H3. The summed E-state index contributed by atoms with van der Waals surface area (Å²) in [6, 6.07) is -0.468. The molecule has 1 aromatic rings. The van der Waals surface area contributed by atoms with Gasteiger partial charge < -0.3 is 14.2 Å². The van der Waals surface area contributed by atoms with E-state index < -0.39 is 10.0 Å².